The molecule has 9 heteroatoms. The smallest absolute Gasteiger partial charge is 0.262 e. The van der Waals surface area contributed by atoms with Gasteiger partial charge in [0.15, 0.2) is 6.61 Å². The van der Waals surface area contributed by atoms with Crippen molar-refractivity contribution in [1.29, 1.82) is 0 Å². The lowest BCUT2D eigenvalue weighted by Gasteiger charge is -2.16. The fourth-order valence-electron chi connectivity index (χ4n) is 2.80. The van der Waals surface area contributed by atoms with Gasteiger partial charge in [0.05, 0.1) is 16.6 Å². The Labute approximate surface area is 174 Å². The minimum Gasteiger partial charge on any atom is -0.484 e. The largest absolute Gasteiger partial charge is 0.484 e. The van der Waals surface area contributed by atoms with E-state index in [2.05, 4.69) is 21.2 Å². The van der Waals surface area contributed by atoms with Crippen LogP contribution in [0.1, 0.15) is 6.42 Å². The standard InChI is InChI=1S/C19H17BrClN3O4/c20-12-1-6-16(15(21)8-12)23-17(25)10-28-14-4-2-13(3-5-14)24-9-11(19(22)27)7-18(24)26/h1-6,8,11H,7,9-10H2,(H2,22,27)(H,23,25)/t11-/m1/s1. The van der Waals surface area contributed by atoms with Gasteiger partial charge < -0.3 is 20.7 Å². The molecule has 1 saturated heterocycles. The number of halogens is 2. The van der Waals surface area contributed by atoms with Crippen LogP contribution in [0.3, 0.4) is 0 Å². The molecule has 3 rings (SSSR count). The van der Waals surface area contributed by atoms with Crippen molar-refractivity contribution in [3.05, 3.63) is 52.0 Å². The van der Waals surface area contributed by atoms with Gasteiger partial charge in [-0.25, -0.2) is 0 Å². The molecule has 3 amide bonds. The average Bonchev–Trinajstić information content (AvgIpc) is 3.05. The van der Waals surface area contributed by atoms with Crippen molar-refractivity contribution in [1.82, 2.24) is 0 Å². The van der Waals surface area contributed by atoms with Crippen LogP contribution in [0, 0.1) is 5.92 Å². The molecule has 1 atom stereocenters. The summed E-state index contributed by atoms with van der Waals surface area (Å²) >= 11 is 9.36. The van der Waals surface area contributed by atoms with Gasteiger partial charge >= 0.3 is 0 Å². The fourth-order valence-corrected chi connectivity index (χ4v) is 3.52. The van der Waals surface area contributed by atoms with Crippen LogP contribution in [0.5, 0.6) is 5.75 Å². The van der Waals surface area contributed by atoms with E-state index in [1.807, 2.05) is 0 Å². The maximum atomic E-state index is 12.0. The number of primary amides is 1. The molecular weight excluding hydrogens is 450 g/mol. The number of amides is 3. The lowest BCUT2D eigenvalue weighted by Crippen LogP contribution is -2.28. The van der Waals surface area contributed by atoms with Crippen molar-refractivity contribution in [2.24, 2.45) is 11.7 Å². The zero-order valence-electron chi connectivity index (χ0n) is 14.7. The SMILES string of the molecule is NC(=O)[C@@H]1CC(=O)N(c2ccc(OCC(=O)Nc3ccc(Br)cc3Cl)cc2)C1. The molecule has 1 aliphatic rings. The van der Waals surface area contributed by atoms with E-state index >= 15 is 0 Å². The molecule has 28 heavy (non-hydrogen) atoms. The maximum absolute atomic E-state index is 12.0. The summed E-state index contributed by atoms with van der Waals surface area (Å²) in [6.07, 6.45) is 0.117. The molecule has 0 saturated carbocycles. The Kier molecular flexibility index (Phi) is 6.21. The molecule has 0 radical (unpaired) electrons. The Bertz CT molecular complexity index is 920. The molecule has 3 N–H and O–H groups in total. The summed E-state index contributed by atoms with van der Waals surface area (Å²) in [6, 6.07) is 11.8. The Morgan fingerprint density at radius 3 is 2.57 bits per heavy atom. The molecule has 0 bridgehead atoms. The summed E-state index contributed by atoms with van der Waals surface area (Å²) in [6.45, 7) is 0.0723. The first-order valence-electron chi connectivity index (χ1n) is 8.41. The first kappa shape index (κ1) is 20.2. The van der Waals surface area contributed by atoms with Crippen LogP contribution in [-0.2, 0) is 14.4 Å². The molecule has 0 unspecified atom stereocenters. The van der Waals surface area contributed by atoms with E-state index in [4.69, 9.17) is 22.1 Å². The number of anilines is 2. The number of benzene rings is 2. The summed E-state index contributed by atoms with van der Waals surface area (Å²) < 4.78 is 6.28. The van der Waals surface area contributed by atoms with Crippen molar-refractivity contribution in [3.63, 3.8) is 0 Å². The highest BCUT2D eigenvalue weighted by atomic mass is 79.9. The van der Waals surface area contributed by atoms with Gasteiger partial charge in [-0.15, -0.1) is 0 Å². The minimum atomic E-state index is -0.479. The Morgan fingerprint density at radius 1 is 1.25 bits per heavy atom. The molecule has 0 aromatic heterocycles. The fraction of sp³-hybridized carbons (Fsp3) is 0.211. The molecule has 1 aliphatic heterocycles. The van der Waals surface area contributed by atoms with Crippen LogP contribution >= 0.6 is 27.5 Å². The van der Waals surface area contributed by atoms with Gasteiger partial charge in [-0.1, -0.05) is 27.5 Å². The zero-order chi connectivity index (χ0) is 20.3. The van der Waals surface area contributed by atoms with Crippen molar-refractivity contribution in [2.45, 2.75) is 6.42 Å². The number of ether oxygens (including phenoxy) is 1. The highest BCUT2D eigenvalue weighted by Gasteiger charge is 2.33. The van der Waals surface area contributed by atoms with Gasteiger partial charge in [0, 0.05) is 23.1 Å². The summed E-state index contributed by atoms with van der Waals surface area (Å²) in [5.74, 6) is -0.986. The summed E-state index contributed by atoms with van der Waals surface area (Å²) in [5.41, 5.74) is 6.41. The Balaban J connectivity index is 1.55. The predicted octanol–water partition coefficient (Wildman–Crippen LogP) is 2.96. The van der Waals surface area contributed by atoms with Crippen molar-refractivity contribution in [3.8, 4) is 5.75 Å². The van der Waals surface area contributed by atoms with Crippen LogP contribution in [0.15, 0.2) is 46.9 Å². The van der Waals surface area contributed by atoms with E-state index in [0.717, 1.165) is 4.47 Å². The predicted molar refractivity (Wildman–Crippen MR) is 109 cm³/mol. The minimum absolute atomic E-state index is 0.117. The van der Waals surface area contributed by atoms with Gasteiger partial charge in [0.1, 0.15) is 5.75 Å². The number of hydrogen-bond donors (Lipinski definition) is 2. The highest BCUT2D eigenvalue weighted by Crippen LogP contribution is 2.27. The van der Waals surface area contributed by atoms with Gasteiger partial charge in [-0.3, -0.25) is 14.4 Å². The van der Waals surface area contributed by atoms with E-state index < -0.39 is 11.8 Å². The third-order valence-corrected chi connectivity index (χ3v) is 5.06. The first-order chi connectivity index (χ1) is 13.3. The number of nitrogens with one attached hydrogen (secondary N) is 1. The lowest BCUT2D eigenvalue weighted by molar-refractivity contribution is -0.123. The highest BCUT2D eigenvalue weighted by molar-refractivity contribution is 9.10. The second-order valence-corrected chi connectivity index (χ2v) is 7.59. The molecule has 2 aromatic carbocycles. The van der Waals surface area contributed by atoms with Crippen molar-refractivity contribution >= 4 is 56.6 Å². The number of hydrogen-bond acceptors (Lipinski definition) is 4. The second-order valence-electron chi connectivity index (χ2n) is 6.26. The normalized spacial score (nSPS) is 16.1. The molecule has 1 heterocycles. The van der Waals surface area contributed by atoms with E-state index in [1.54, 1.807) is 42.5 Å². The van der Waals surface area contributed by atoms with E-state index in [9.17, 15) is 14.4 Å². The number of nitrogens with two attached hydrogens (primary N) is 1. The third-order valence-electron chi connectivity index (χ3n) is 4.25. The number of nitrogens with zero attached hydrogens (tertiary/aromatic N) is 1. The quantitative estimate of drug-likeness (QED) is 0.683. The van der Waals surface area contributed by atoms with Crippen molar-refractivity contribution < 1.29 is 19.1 Å². The molecular formula is C19H17BrClN3O4. The summed E-state index contributed by atoms with van der Waals surface area (Å²) in [5, 5.41) is 3.09. The lowest BCUT2D eigenvalue weighted by atomic mass is 10.1. The van der Waals surface area contributed by atoms with Gasteiger partial charge in [-0.05, 0) is 42.5 Å². The molecule has 2 aromatic rings. The van der Waals surface area contributed by atoms with E-state index in [-0.39, 0.29) is 31.4 Å². The number of carbonyl (C=O) groups excluding carboxylic acids is 3. The average molecular weight is 467 g/mol. The van der Waals surface area contributed by atoms with E-state index in [1.165, 1.54) is 4.90 Å². The van der Waals surface area contributed by atoms with Crippen LogP contribution in [0.25, 0.3) is 0 Å². The molecule has 7 nitrogen and oxygen atoms in total. The summed E-state index contributed by atoms with van der Waals surface area (Å²) in [7, 11) is 0. The molecule has 1 fully saturated rings. The van der Waals surface area contributed by atoms with Gasteiger partial charge in [0.2, 0.25) is 11.8 Å². The van der Waals surface area contributed by atoms with Crippen LogP contribution < -0.4 is 20.7 Å². The monoisotopic (exact) mass is 465 g/mol. The number of carbonyl (C=O) groups is 3. The molecule has 0 spiro atoms. The summed E-state index contributed by atoms with van der Waals surface area (Å²) in [4.78, 5) is 36.9. The Hall–Kier alpha value is -2.58. The van der Waals surface area contributed by atoms with Gasteiger partial charge in [-0.2, -0.15) is 0 Å². The molecule has 146 valence electrons. The van der Waals surface area contributed by atoms with Crippen LogP contribution in [0.2, 0.25) is 5.02 Å². The first-order valence-corrected chi connectivity index (χ1v) is 9.58. The third kappa shape index (κ3) is 4.82. The number of rotatable bonds is 6. The molecule has 0 aliphatic carbocycles. The Morgan fingerprint density at radius 2 is 1.96 bits per heavy atom. The second kappa shape index (κ2) is 8.62. The zero-order valence-corrected chi connectivity index (χ0v) is 17.0. The van der Waals surface area contributed by atoms with Crippen LogP contribution in [-0.4, -0.2) is 30.9 Å². The van der Waals surface area contributed by atoms with Gasteiger partial charge in [0.25, 0.3) is 5.91 Å². The van der Waals surface area contributed by atoms with Crippen LogP contribution in [0.4, 0.5) is 11.4 Å². The maximum Gasteiger partial charge on any atom is 0.262 e. The van der Waals surface area contributed by atoms with Crippen molar-refractivity contribution in [2.75, 3.05) is 23.4 Å². The van der Waals surface area contributed by atoms with E-state index in [0.29, 0.717) is 22.1 Å². The topological polar surface area (TPSA) is 102 Å².